The molecule has 1 unspecified atom stereocenters. The Morgan fingerprint density at radius 3 is 2.62 bits per heavy atom. The summed E-state index contributed by atoms with van der Waals surface area (Å²) >= 11 is 0. The molecule has 0 aliphatic heterocycles. The first-order valence-electron chi connectivity index (χ1n) is 11.4. The second kappa shape index (κ2) is 11.5. The van der Waals surface area contributed by atoms with Crippen molar-refractivity contribution < 1.29 is 19.4 Å². The molecule has 0 saturated carbocycles. The van der Waals surface area contributed by atoms with E-state index in [2.05, 4.69) is 30.4 Å². The van der Waals surface area contributed by atoms with E-state index in [1.54, 1.807) is 0 Å². The minimum atomic E-state index is -0.432. The third-order valence-corrected chi connectivity index (χ3v) is 5.21. The molecule has 0 spiro atoms. The van der Waals surface area contributed by atoms with Crippen molar-refractivity contribution in [2.45, 2.75) is 58.7 Å². The van der Waals surface area contributed by atoms with Gasteiger partial charge in [0.05, 0.1) is 12.2 Å². The fourth-order valence-electron chi connectivity index (χ4n) is 3.63. The van der Waals surface area contributed by atoms with Gasteiger partial charge in [-0.3, -0.25) is 0 Å². The minimum absolute atomic E-state index is 0.126. The molecule has 2 N–H and O–H groups in total. The molecule has 5 heteroatoms. The molecule has 1 atom stereocenters. The Morgan fingerprint density at radius 2 is 1.84 bits per heavy atom. The largest absolute Gasteiger partial charge is 0.482 e. The quantitative estimate of drug-likeness (QED) is 0.265. The zero-order valence-corrected chi connectivity index (χ0v) is 19.1. The van der Waals surface area contributed by atoms with Gasteiger partial charge < -0.3 is 19.9 Å². The molecule has 170 valence electrons. The number of rotatable bonds is 11. The lowest BCUT2D eigenvalue weighted by atomic mass is 9.99. The first-order chi connectivity index (χ1) is 15.5. The molecular weight excluding hydrogens is 402 g/mol. The first-order valence-corrected chi connectivity index (χ1v) is 11.4. The molecule has 3 aromatic rings. The predicted molar refractivity (Wildman–Crippen MR) is 129 cm³/mol. The van der Waals surface area contributed by atoms with Crippen LogP contribution in [0.2, 0.25) is 0 Å². The number of hydrogen-bond acceptors (Lipinski definition) is 5. The smallest absolute Gasteiger partial charge is 0.344 e. The number of anilines is 2. The Balaban J connectivity index is 1.71. The number of unbranched alkanes of at least 4 members (excludes halogenated alkanes) is 2. The summed E-state index contributed by atoms with van der Waals surface area (Å²) in [5.41, 5.74) is 2.77. The van der Waals surface area contributed by atoms with E-state index in [1.165, 1.54) is 0 Å². The maximum absolute atomic E-state index is 11.7. The van der Waals surface area contributed by atoms with E-state index in [0.29, 0.717) is 5.75 Å². The Bertz CT molecular complexity index is 1030. The van der Waals surface area contributed by atoms with Crippen LogP contribution in [0.15, 0.2) is 60.7 Å². The van der Waals surface area contributed by atoms with Crippen molar-refractivity contribution >= 4 is 28.1 Å². The van der Waals surface area contributed by atoms with Crippen molar-refractivity contribution in [2.24, 2.45) is 0 Å². The van der Waals surface area contributed by atoms with E-state index in [0.717, 1.165) is 53.4 Å². The highest BCUT2D eigenvalue weighted by Gasteiger charge is 2.10. The number of hydrogen-bond donors (Lipinski definition) is 2. The van der Waals surface area contributed by atoms with Crippen LogP contribution >= 0.6 is 0 Å². The standard InChI is InChI=1S/C27H33NO4/c1-4-5-6-13-26(29)21-14-15-24-20(16-21)9-7-12-25(24)28-22-10-8-11-23(17-22)31-18-27(30)32-19(2)3/h7-12,14-17,19,26,28-29H,4-6,13,18H2,1-3H3. The molecule has 0 amide bonds. The van der Waals surface area contributed by atoms with E-state index >= 15 is 0 Å². The van der Waals surface area contributed by atoms with Gasteiger partial charge in [0, 0.05) is 22.8 Å². The average molecular weight is 436 g/mol. The normalized spacial score (nSPS) is 12.0. The van der Waals surface area contributed by atoms with Crippen LogP contribution in [0.1, 0.15) is 58.1 Å². The maximum Gasteiger partial charge on any atom is 0.344 e. The van der Waals surface area contributed by atoms with E-state index in [9.17, 15) is 9.90 Å². The minimum Gasteiger partial charge on any atom is -0.482 e. The van der Waals surface area contributed by atoms with E-state index in [1.807, 2.05) is 56.3 Å². The van der Waals surface area contributed by atoms with Gasteiger partial charge in [-0.05, 0) is 55.5 Å². The summed E-state index contributed by atoms with van der Waals surface area (Å²) in [5, 5.41) is 16.1. The SMILES string of the molecule is CCCCCC(O)c1ccc2c(Nc3cccc(OCC(=O)OC(C)C)c3)cccc2c1. The summed E-state index contributed by atoms with van der Waals surface area (Å²) in [4.78, 5) is 11.7. The summed E-state index contributed by atoms with van der Waals surface area (Å²) in [7, 11) is 0. The van der Waals surface area contributed by atoms with Crippen LogP contribution in [0.25, 0.3) is 10.8 Å². The second-order valence-electron chi connectivity index (χ2n) is 8.28. The summed E-state index contributed by atoms with van der Waals surface area (Å²) < 4.78 is 10.7. The van der Waals surface area contributed by atoms with Gasteiger partial charge in [0.25, 0.3) is 0 Å². The lowest BCUT2D eigenvalue weighted by molar-refractivity contribution is -0.149. The highest BCUT2D eigenvalue weighted by Crippen LogP contribution is 2.31. The van der Waals surface area contributed by atoms with Crippen molar-refractivity contribution in [1.29, 1.82) is 0 Å². The zero-order chi connectivity index (χ0) is 22.9. The number of esters is 1. The molecule has 32 heavy (non-hydrogen) atoms. The summed E-state index contributed by atoms with van der Waals surface area (Å²) in [6.07, 6.45) is 3.51. The van der Waals surface area contributed by atoms with Gasteiger partial charge in [0.1, 0.15) is 5.75 Å². The fraction of sp³-hybridized carbons (Fsp3) is 0.370. The monoisotopic (exact) mass is 435 g/mol. The zero-order valence-electron chi connectivity index (χ0n) is 19.1. The van der Waals surface area contributed by atoms with Gasteiger partial charge in [-0.25, -0.2) is 4.79 Å². The van der Waals surface area contributed by atoms with Crippen molar-refractivity contribution in [3.05, 3.63) is 66.2 Å². The van der Waals surface area contributed by atoms with Crippen molar-refractivity contribution in [2.75, 3.05) is 11.9 Å². The maximum atomic E-state index is 11.7. The summed E-state index contributed by atoms with van der Waals surface area (Å²) in [6, 6.07) is 19.7. The lowest BCUT2D eigenvalue weighted by Gasteiger charge is -2.15. The molecule has 0 aliphatic rings. The van der Waals surface area contributed by atoms with Crippen molar-refractivity contribution in [3.8, 4) is 5.75 Å². The molecule has 0 radical (unpaired) electrons. The number of aliphatic hydroxyl groups excluding tert-OH is 1. The third kappa shape index (κ3) is 6.72. The topological polar surface area (TPSA) is 67.8 Å². The van der Waals surface area contributed by atoms with Gasteiger partial charge in [-0.1, -0.05) is 56.5 Å². The summed E-state index contributed by atoms with van der Waals surface area (Å²) in [6.45, 7) is 5.66. The Labute approximate surface area is 190 Å². The van der Waals surface area contributed by atoms with Crippen molar-refractivity contribution in [3.63, 3.8) is 0 Å². The highest BCUT2D eigenvalue weighted by molar-refractivity contribution is 5.95. The number of aliphatic hydroxyl groups is 1. The highest BCUT2D eigenvalue weighted by atomic mass is 16.6. The number of ether oxygens (including phenoxy) is 2. The van der Waals surface area contributed by atoms with Gasteiger partial charge >= 0.3 is 5.97 Å². The van der Waals surface area contributed by atoms with Crippen LogP contribution in [0.4, 0.5) is 11.4 Å². The van der Waals surface area contributed by atoms with Crippen LogP contribution in [0, 0.1) is 0 Å². The number of fused-ring (bicyclic) bond motifs is 1. The number of carbonyl (C=O) groups excluding carboxylic acids is 1. The molecule has 0 bridgehead atoms. The predicted octanol–water partition coefficient (Wildman–Crippen LogP) is 6.53. The second-order valence-corrected chi connectivity index (χ2v) is 8.28. The van der Waals surface area contributed by atoms with Gasteiger partial charge in [-0.2, -0.15) is 0 Å². The molecular formula is C27H33NO4. The Morgan fingerprint density at radius 1 is 1.03 bits per heavy atom. The van der Waals surface area contributed by atoms with E-state index in [-0.39, 0.29) is 18.7 Å². The lowest BCUT2D eigenvalue weighted by Crippen LogP contribution is -2.18. The van der Waals surface area contributed by atoms with Crippen LogP contribution < -0.4 is 10.1 Å². The molecule has 0 aromatic heterocycles. The van der Waals surface area contributed by atoms with E-state index in [4.69, 9.17) is 9.47 Å². The van der Waals surface area contributed by atoms with Gasteiger partial charge in [-0.15, -0.1) is 0 Å². The number of benzene rings is 3. The molecule has 3 rings (SSSR count). The fourth-order valence-corrected chi connectivity index (χ4v) is 3.63. The average Bonchev–Trinajstić information content (AvgIpc) is 2.77. The van der Waals surface area contributed by atoms with Gasteiger partial charge in [0.15, 0.2) is 6.61 Å². The van der Waals surface area contributed by atoms with Crippen LogP contribution in [0.3, 0.4) is 0 Å². The van der Waals surface area contributed by atoms with E-state index < -0.39 is 6.10 Å². The third-order valence-electron chi connectivity index (χ3n) is 5.21. The number of carbonyl (C=O) groups is 1. The molecule has 5 nitrogen and oxygen atoms in total. The Hall–Kier alpha value is -3.05. The van der Waals surface area contributed by atoms with Crippen LogP contribution in [-0.2, 0) is 9.53 Å². The van der Waals surface area contributed by atoms with Crippen LogP contribution in [0.5, 0.6) is 5.75 Å². The molecule has 0 aliphatic carbocycles. The van der Waals surface area contributed by atoms with Crippen molar-refractivity contribution in [1.82, 2.24) is 0 Å². The van der Waals surface area contributed by atoms with Crippen LogP contribution in [-0.4, -0.2) is 23.8 Å². The molecule has 0 saturated heterocycles. The molecule has 0 fully saturated rings. The van der Waals surface area contributed by atoms with Gasteiger partial charge in [0.2, 0.25) is 0 Å². The summed E-state index contributed by atoms with van der Waals surface area (Å²) in [5.74, 6) is 0.202. The number of nitrogens with one attached hydrogen (secondary N) is 1. The molecule has 0 heterocycles. The Kier molecular flexibility index (Phi) is 8.51. The molecule has 3 aromatic carbocycles. The first kappa shape index (κ1) is 23.6.